The summed E-state index contributed by atoms with van der Waals surface area (Å²) in [6.07, 6.45) is -2.54. The zero-order valence-electron chi connectivity index (χ0n) is 13.6. The van der Waals surface area contributed by atoms with Gasteiger partial charge in [-0.05, 0) is 19.1 Å². The molecule has 8 nitrogen and oxygen atoms in total. The maximum atomic E-state index is 11.9. The molecular weight excluding hydrogens is 359 g/mol. The highest BCUT2D eigenvalue weighted by molar-refractivity contribution is 5.88. The van der Waals surface area contributed by atoms with Crippen LogP contribution in [0.5, 0.6) is 0 Å². The third-order valence-electron chi connectivity index (χ3n) is 3.41. The Bertz CT molecular complexity index is 736. The van der Waals surface area contributed by atoms with E-state index in [0.717, 1.165) is 31.0 Å². The van der Waals surface area contributed by atoms with Gasteiger partial charge in [-0.3, -0.25) is 5.32 Å². The fourth-order valence-electron chi connectivity index (χ4n) is 2.18. The molecule has 2 amide bonds. The molecule has 2 aromatic heterocycles. The van der Waals surface area contributed by atoms with Crippen molar-refractivity contribution in [2.75, 3.05) is 18.4 Å². The topological polar surface area (TPSA) is 109 Å². The van der Waals surface area contributed by atoms with Gasteiger partial charge in [-0.2, -0.15) is 13.2 Å². The molecule has 0 spiro atoms. The molecule has 0 saturated carbocycles. The van der Waals surface area contributed by atoms with Crippen molar-refractivity contribution < 1.29 is 36.8 Å². The lowest BCUT2D eigenvalue weighted by Gasteiger charge is -2.38. The highest BCUT2D eigenvalue weighted by atomic mass is 19.4. The van der Waals surface area contributed by atoms with Gasteiger partial charge in [-0.15, -0.1) is 0 Å². The monoisotopic (exact) mass is 375 g/mol. The van der Waals surface area contributed by atoms with E-state index in [1.165, 1.54) is 0 Å². The van der Waals surface area contributed by atoms with Crippen LogP contribution < -0.4 is 5.32 Å². The Kier molecular flexibility index (Phi) is 5.90. The van der Waals surface area contributed by atoms with Crippen LogP contribution in [-0.2, 0) is 11.2 Å². The van der Waals surface area contributed by atoms with Crippen molar-refractivity contribution >= 4 is 17.9 Å². The minimum atomic E-state index is -5.08. The van der Waals surface area contributed by atoms with Crippen LogP contribution in [0.25, 0.3) is 0 Å². The second-order valence-electron chi connectivity index (χ2n) is 5.62. The summed E-state index contributed by atoms with van der Waals surface area (Å²) in [5.74, 6) is -0.936. The van der Waals surface area contributed by atoms with Crippen molar-refractivity contribution in [3.05, 3.63) is 35.9 Å². The number of carboxylic acid groups (broad SMARTS) is 1. The molecular formula is C15H16F3N3O5. The van der Waals surface area contributed by atoms with E-state index in [2.05, 4.69) is 10.5 Å². The zero-order chi connectivity index (χ0) is 19.3. The number of aryl methyl sites for hydroxylation is 1. The number of hydrogen-bond donors (Lipinski definition) is 2. The minimum absolute atomic E-state index is 0.146. The summed E-state index contributed by atoms with van der Waals surface area (Å²) in [4.78, 5) is 22.5. The lowest BCUT2D eigenvalue weighted by Crippen LogP contribution is -2.52. The number of amides is 2. The van der Waals surface area contributed by atoms with Crippen molar-refractivity contribution in [1.82, 2.24) is 10.1 Å². The average Bonchev–Trinajstić information content (AvgIpc) is 3.13. The molecule has 1 aliphatic heterocycles. The summed E-state index contributed by atoms with van der Waals surface area (Å²) < 4.78 is 42.0. The van der Waals surface area contributed by atoms with E-state index < -0.39 is 12.1 Å². The lowest BCUT2D eigenvalue weighted by molar-refractivity contribution is -0.192. The molecule has 1 fully saturated rings. The number of halogens is 3. The third kappa shape index (κ3) is 5.53. The van der Waals surface area contributed by atoms with Crippen LogP contribution in [0.15, 0.2) is 33.4 Å². The molecule has 0 aliphatic carbocycles. The number of alkyl halides is 3. The molecule has 2 aromatic rings. The number of furan rings is 1. The van der Waals surface area contributed by atoms with Gasteiger partial charge < -0.3 is 18.9 Å². The molecule has 26 heavy (non-hydrogen) atoms. The van der Waals surface area contributed by atoms with E-state index in [9.17, 15) is 18.0 Å². The number of rotatable bonds is 3. The molecule has 0 atom stereocenters. The maximum Gasteiger partial charge on any atom is 0.490 e. The molecule has 142 valence electrons. The molecule has 2 N–H and O–H groups in total. The Balaban J connectivity index is 0.000000298. The molecule has 0 radical (unpaired) electrons. The number of carbonyl (C=O) groups is 2. The first-order valence-corrected chi connectivity index (χ1v) is 7.47. The number of hydrogen-bond acceptors (Lipinski definition) is 5. The standard InChI is InChI=1S/C13H15N3O3.C2HF3O2/c1-9-5-12(19-15-9)14-13(17)16-7-10(8-16)6-11-3-2-4-18-11;3-2(4,5)1(6)7/h2-5,10H,6-8H2,1H3,(H,14,17);(H,6,7). The van der Waals surface area contributed by atoms with E-state index in [0.29, 0.717) is 11.8 Å². The van der Waals surface area contributed by atoms with Crippen molar-refractivity contribution in [2.45, 2.75) is 19.5 Å². The number of aliphatic carboxylic acids is 1. The Labute approximate surface area is 145 Å². The van der Waals surface area contributed by atoms with E-state index >= 15 is 0 Å². The van der Waals surface area contributed by atoms with Gasteiger partial charge in [0.05, 0.1) is 12.0 Å². The second-order valence-corrected chi connectivity index (χ2v) is 5.62. The maximum absolute atomic E-state index is 11.9. The van der Waals surface area contributed by atoms with Gasteiger partial charge in [0, 0.05) is 31.5 Å². The van der Waals surface area contributed by atoms with Gasteiger partial charge in [-0.1, -0.05) is 5.16 Å². The number of urea groups is 1. The van der Waals surface area contributed by atoms with Crippen molar-refractivity contribution in [2.24, 2.45) is 5.92 Å². The molecule has 1 aliphatic rings. The fraction of sp³-hybridized carbons (Fsp3) is 0.400. The van der Waals surface area contributed by atoms with Crippen molar-refractivity contribution in [3.63, 3.8) is 0 Å². The van der Waals surface area contributed by atoms with Crippen LogP contribution in [0.2, 0.25) is 0 Å². The number of carbonyl (C=O) groups excluding carboxylic acids is 1. The summed E-state index contributed by atoms with van der Waals surface area (Å²) >= 11 is 0. The summed E-state index contributed by atoms with van der Waals surface area (Å²) in [7, 11) is 0. The van der Waals surface area contributed by atoms with Crippen molar-refractivity contribution in [3.8, 4) is 0 Å². The van der Waals surface area contributed by atoms with Gasteiger partial charge in [0.25, 0.3) is 0 Å². The largest absolute Gasteiger partial charge is 0.490 e. The first kappa shape index (κ1) is 19.3. The number of nitrogens with one attached hydrogen (secondary N) is 1. The first-order valence-electron chi connectivity index (χ1n) is 7.47. The number of likely N-dealkylation sites (tertiary alicyclic amines) is 1. The van der Waals surface area contributed by atoms with E-state index in [1.54, 1.807) is 17.2 Å². The summed E-state index contributed by atoms with van der Waals surface area (Å²) in [6.45, 7) is 3.28. The predicted molar refractivity (Wildman–Crippen MR) is 81.4 cm³/mol. The molecule has 1 saturated heterocycles. The second kappa shape index (κ2) is 7.93. The smallest absolute Gasteiger partial charge is 0.475 e. The van der Waals surface area contributed by atoms with E-state index in [4.69, 9.17) is 18.8 Å². The number of aromatic nitrogens is 1. The molecule has 0 aromatic carbocycles. The summed E-state index contributed by atoms with van der Waals surface area (Å²) in [6, 6.07) is 5.38. The Morgan fingerprint density at radius 1 is 1.42 bits per heavy atom. The van der Waals surface area contributed by atoms with Crippen LogP contribution in [0, 0.1) is 12.8 Å². The zero-order valence-corrected chi connectivity index (χ0v) is 13.6. The molecule has 0 bridgehead atoms. The van der Waals surface area contributed by atoms with Crippen LogP contribution in [0.1, 0.15) is 11.5 Å². The Morgan fingerprint density at radius 2 is 2.08 bits per heavy atom. The molecule has 3 heterocycles. The van der Waals surface area contributed by atoms with Gasteiger partial charge in [0.1, 0.15) is 5.76 Å². The van der Waals surface area contributed by atoms with Gasteiger partial charge in [0.15, 0.2) is 0 Å². The number of anilines is 1. The Hall–Kier alpha value is -2.98. The molecule has 3 rings (SSSR count). The summed E-state index contributed by atoms with van der Waals surface area (Å²) in [5, 5.41) is 13.5. The highest BCUT2D eigenvalue weighted by Gasteiger charge is 2.38. The van der Waals surface area contributed by atoms with Gasteiger partial charge in [-0.25, -0.2) is 9.59 Å². The van der Waals surface area contributed by atoms with Crippen molar-refractivity contribution in [1.29, 1.82) is 0 Å². The lowest BCUT2D eigenvalue weighted by atomic mass is 9.95. The fourth-order valence-corrected chi connectivity index (χ4v) is 2.18. The average molecular weight is 375 g/mol. The van der Waals surface area contributed by atoms with E-state index in [-0.39, 0.29) is 6.03 Å². The predicted octanol–water partition coefficient (Wildman–Crippen LogP) is 2.92. The molecule has 0 unspecified atom stereocenters. The number of carboxylic acids is 1. The van der Waals surface area contributed by atoms with Gasteiger partial charge in [0.2, 0.25) is 5.88 Å². The molecule has 11 heteroatoms. The Morgan fingerprint density at radius 3 is 2.54 bits per heavy atom. The van der Waals surface area contributed by atoms with Crippen LogP contribution >= 0.6 is 0 Å². The van der Waals surface area contributed by atoms with E-state index in [1.807, 2.05) is 19.1 Å². The summed E-state index contributed by atoms with van der Waals surface area (Å²) in [5.41, 5.74) is 0.745. The third-order valence-corrected chi connectivity index (χ3v) is 3.41. The SMILES string of the molecule is Cc1cc(NC(=O)N2CC(Cc3ccco3)C2)on1.O=C(O)C(F)(F)F. The highest BCUT2D eigenvalue weighted by Crippen LogP contribution is 2.22. The minimum Gasteiger partial charge on any atom is -0.475 e. The van der Waals surface area contributed by atoms with Crippen LogP contribution in [0.4, 0.5) is 23.8 Å². The van der Waals surface area contributed by atoms with Crippen LogP contribution in [0.3, 0.4) is 0 Å². The normalized spacial score (nSPS) is 14.2. The quantitative estimate of drug-likeness (QED) is 0.854. The van der Waals surface area contributed by atoms with Gasteiger partial charge >= 0.3 is 18.2 Å². The number of nitrogens with zero attached hydrogens (tertiary/aromatic N) is 2. The van der Waals surface area contributed by atoms with Crippen LogP contribution in [-0.4, -0.2) is 46.4 Å². The first-order chi connectivity index (χ1) is 12.1.